The Bertz CT molecular complexity index is 2220. The van der Waals surface area contributed by atoms with E-state index in [1.54, 1.807) is 6.92 Å². The van der Waals surface area contributed by atoms with Crippen molar-refractivity contribution in [2.75, 3.05) is 6.54 Å². The third-order valence-electron chi connectivity index (χ3n) is 9.99. The smallest absolute Gasteiger partial charge is 0.347 e. The summed E-state index contributed by atoms with van der Waals surface area (Å²) in [6, 6.07) is 18.5. The fourth-order valence-corrected chi connectivity index (χ4v) is 16.5. The molecule has 2 N–H and O–H groups in total. The number of rotatable bonds is 17. The minimum Gasteiger partial charge on any atom is -0.450 e. The summed E-state index contributed by atoms with van der Waals surface area (Å²) < 4.78 is 81.1. The third-order valence-corrected chi connectivity index (χ3v) is 20.9. The van der Waals surface area contributed by atoms with Crippen LogP contribution in [0.3, 0.4) is 0 Å². The lowest BCUT2D eigenvalue weighted by Gasteiger charge is -2.44. The molecule has 0 bridgehead atoms. The highest BCUT2D eigenvalue weighted by atomic mass is 32.3. The van der Waals surface area contributed by atoms with Crippen molar-refractivity contribution >= 4 is 80.1 Å². The molecule has 2 aromatic rings. The molecule has 1 amide bonds. The normalized spacial score (nSPS) is 20.1. The van der Waals surface area contributed by atoms with Gasteiger partial charge in [-0.3, -0.25) is 4.79 Å². The van der Waals surface area contributed by atoms with Crippen molar-refractivity contribution < 1.29 is 64.2 Å². The Balaban J connectivity index is 1.31. The Morgan fingerprint density at radius 2 is 1.18 bits per heavy atom. The van der Waals surface area contributed by atoms with E-state index in [2.05, 4.69) is 5.32 Å². The summed E-state index contributed by atoms with van der Waals surface area (Å²) in [6.07, 6.45) is -6.00. The molecule has 2 aromatic carbocycles. The van der Waals surface area contributed by atoms with E-state index in [1.165, 1.54) is 26.8 Å². The summed E-state index contributed by atoms with van der Waals surface area (Å²) in [6.45, 7) is 16.0. The average Bonchev–Trinajstić information content (AvgIpc) is 3.43. The van der Waals surface area contributed by atoms with E-state index >= 15 is 0 Å². The van der Waals surface area contributed by atoms with E-state index in [-0.39, 0.29) is 10.7 Å². The van der Waals surface area contributed by atoms with Crippen LogP contribution in [0.25, 0.3) is 0 Å². The predicted octanol–water partition coefficient (Wildman–Crippen LogP) is 3.11. The number of likely N-dealkylation sites (N-methyl/N-ethyl adjacent to an activating group) is 1. The van der Waals surface area contributed by atoms with Crippen LogP contribution in [0.2, 0.25) is 5.04 Å². The molecule has 0 spiro atoms. The van der Waals surface area contributed by atoms with Gasteiger partial charge in [-0.05, 0) is 81.6 Å². The van der Waals surface area contributed by atoms with Crippen LogP contribution in [-0.2, 0) is 67.2 Å². The number of nitrogens with one attached hydrogen (secondary N) is 2. The van der Waals surface area contributed by atoms with Crippen LogP contribution in [0.15, 0.2) is 80.8 Å². The Hall–Kier alpha value is -4.34. The maximum absolute atomic E-state index is 13.4. The van der Waals surface area contributed by atoms with Gasteiger partial charge in [-0.1, -0.05) is 100 Å². The topological polar surface area (TPSA) is 224 Å². The fraction of sp³-hybridized carbons (Fsp3) is 0.488. The van der Waals surface area contributed by atoms with Gasteiger partial charge in [0.15, 0.2) is 34.3 Å². The zero-order valence-corrected chi connectivity index (χ0v) is 39.2. The van der Waals surface area contributed by atoms with E-state index < -0.39 is 109 Å². The minimum atomic E-state index is -4.62. The molecule has 0 saturated carbocycles. The Morgan fingerprint density at radius 1 is 0.754 bits per heavy atom. The van der Waals surface area contributed by atoms with Crippen LogP contribution < -0.4 is 20.4 Å². The van der Waals surface area contributed by atoms with Crippen LogP contribution in [0.4, 0.5) is 0 Å². The Kier molecular flexibility index (Phi) is 16.0. The molecule has 1 unspecified atom stereocenters. The third kappa shape index (κ3) is 11.2. The molecule has 2 aliphatic heterocycles. The second-order valence-corrected chi connectivity index (χ2v) is 25.5. The van der Waals surface area contributed by atoms with Gasteiger partial charge in [0.05, 0.1) is 11.3 Å². The highest BCUT2D eigenvalue weighted by molar-refractivity contribution is 8.28. The number of thioether (sulfide) groups is 1. The maximum atomic E-state index is 13.4. The number of amides is 1. The minimum absolute atomic E-state index is 0.0850. The van der Waals surface area contributed by atoms with Gasteiger partial charge in [-0.2, -0.15) is 0 Å². The zero-order chi connectivity index (χ0) is 45.7. The van der Waals surface area contributed by atoms with Crippen molar-refractivity contribution in [3.05, 3.63) is 80.8 Å². The van der Waals surface area contributed by atoms with Crippen LogP contribution in [-0.4, -0.2) is 103 Å². The van der Waals surface area contributed by atoms with Gasteiger partial charge < -0.3 is 28.7 Å². The van der Waals surface area contributed by atoms with E-state index in [9.17, 15) is 40.8 Å². The molecule has 0 saturated heterocycles. The SMILES string of the molecule is CCN[C@H]1C=C(S(=O)(=O)NC(=O)[C@H](C)OC(=O)[C@H](C)OC(=O)[C@H](C)OC(=O)C(C)OC(=O)[C@H](C)O[Si](c2ccccc2)(c2ccccc2)C(C)(C)C)SC2=C1C[C@H](C)S2(=O)=O. The van der Waals surface area contributed by atoms with E-state index in [4.69, 9.17) is 23.4 Å². The molecule has 0 aromatic heterocycles. The lowest BCUT2D eigenvalue weighted by atomic mass is 10.0. The Labute approximate surface area is 362 Å². The number of sulfonamides is 1. The highest BCUT2D eigenvalue weighted by Gasteiger charge is 2.52. The van der Waals surface area contributed by atoms with Crippen molar-refractivity contribution in [1.82, 2.24) is 10.0 Å². The van der Waals surface area contributed by atoms with E-state index in [0.29, 0.717) is 23.9 Å². The second kappa shape index (κ2) is 19.8. The van der Waals surface area contributed by atoms with Gasteiger partial charge in [0.25, 0.3) is 24.2 Å². The molecular weight excluding hydrogens is 869 g/mol. The molecule has 61 heavy (non-hydrogen) atoms. The molecular formula is C41H54N2O14S3Si. The molecule has 16 nitrogen and oxygen atoms in total. The number of hydrogen-bond acceptors (Lipinski definition) is 16. The number of carbonyl (C=O) groups is 5. The summed E-state index contributed by atoms with van der Waals surface area (Å²) in [5, 5.41) is 3.71. The summed E-state index contributed by atoms with van der Waals surface area (Å²) in [4.78, 5) is 64.9. The lowest BCUT2D eigenvalue weighted by Crippen LogP contribution is -2.68. The van der Waals surface area contributed by atoms with E-state index in [1.807, 2.05) is 86.2 Å². The molecule has 0 aliphatic carbocycles. The number of sulfone groups is 1. The van der Waals surface area contributed by atoms with Gasteiger partial charge in [-0.15, -0.1) is 0 Å². The molecule has 2 aliphatic rings. The quantitative estimate of drug-likeness (QED) is 0.132. The highest BCUT2D eigenvalue weighted by Crippen LogP contribution is 2.48. The first-order chi connectivity index (χ1) is 28.4. The maximum Gasteiger partial charge on any atom is 0.347 e. The molecule has 0 fully saturated rings. The molecule has 4 rings (SSSR count). The van der Waals surface area contributed by atoms with Crippen LogP contribution in [0, 0.1) is 0 Å². The van der Waals surface area contributed by atoms with Gasteiger partial charge in [0.2, 0.25) is 0 Å². The van der Waals surface area contributed by atoms with Crippen LogP contribution >= 0.6 is 11.8 Å². The van der Waals surface area contributed by atoms with Crippen LogP contribution in [0.1, 0.15) is 75.7 Å². The number of ether oxygens (including phenoxy) is 4. The van der Waals surface area contributed by atoms with Gasteiger partial charge >= 0.3 is 23.9 Å². The molecule has 7 atom stereocenters. The largest absolute Gasteiger partial charge is 0.450 e. The summed E-state index contributed by atoms with van der Waals surface area (Å²) in [5.74, 6) is -5.60. The predicted molar refractivity (Wildman–Crippen MR) is 231 cm³/mol. The first kappa shape index (κ1) is 49.3. The summed E-state index contributed by atoms with van der Waals surface area (Å²) in [7, 11) is -11.6. The molecule has 2 heterocycles. The lowest BCUT2D eigenvalue weighted by molar-refractivity contribution is -0.184. The average molecular weight is 923 g/mol. The second-order valence-electron chi connectivity index (χ2n) is 15.7. The molecule has 334 valence electrons. The summed E-state index contributed by atoms with van der Waals surface area (Å²) >= 11 is 0.522. The fourth-order valence-electron chi connectivity index (χ4n) is 6.70. The molecule has 0 radical (unpaired) electrons. The van der Waals surface area contributed by atoms with Crippen molar-refractivity contribution in [1.29, 1.82) is 0 Å². The van der Waals surface area contributed by atoms with Gasteiger partial charge in [-0.25, -0.2) is 40.7 Å². The van der Waals surface area contributed by atoms with Crippen LogP contribution in [0.5, 0.6) is 0 Å². The van der Waals surface area contributed by atoms with Crippen molar-refractivity contribution in [3.8, 4) is 0 Å². The first-order valence-corrected chi connectivity index (χ1v) is 25.4. The zero-order valence-electron chi connectivity index (χ0n) is 35.7. The monoisotopic (exact) mass is 922 g/mol. The van der Waals surface area contributed by atoms with Gasteiger partial charge in [0.1, 0.15) is 14.6 Å². The van der Waals surface area contributed by atoms with E-state index in [0.717, 1.165) is 31.1 Å². The Morgan fingerprint density at radius 3 is 1.61 bits per heavy atom. The standard InChI is InChI=1S/C41H54N2O14S3Si/c1-11-42-33-23-34(58-40-32(33)22-24(2)59(40,49)50)60(51,52)43-35(44)25(3)53-36(45)26(4)54-37(46)27(5)55-38(47)28(6)56-39(48)29(7)57-61(41(8,9)10,30-18-14-12-15-19-30)31-20-16-13-17-21-31/h12-21,23-29,33,42H,11,22H2,1-10H3,(H,43,44)/t24-,25-,26-,27-,28?,29-,33-/m0/s1. The number of carbonyl (C=O) groups excluding carboxylic acids is 5. The molecule has 20 heteroatoms. The number of esters is 4. The number of hydrogen-bond donors (Lipinski definition) is 2. The number of benzene rings is 2. The van der Waals surface area contributed by atoms with Gasteiger partial charge in [0, 0.05) is 0 Å². The van der Waals surface area contributed by atoms with Crippen molar-refractivity contribution in [2.24, 2.45) is 0 Å². The van der Waals surface area contributed by atoms with Crippen molar-refractivity contribution in [2.45, 2.75) is 123 Å². The van der Waals surface area contributed by atoms with Crippen molar-refractivity contribution in [3.63, 3.8) is 0 Å². The first-order valence-electron chi connectivity index (χ1n) is 19.6. The summed E-state index contributed by atoms with van der Waals surface area (Å²) in [5.41, 5.74) is 0.542.